The van der Waals surface area contributed by atoms with Crippen LogP contribution >= 0.6 is 11.3 Å². The molecule has 1 aliphatic heterocycles. The molecule has 2 N–H and O–H groups in total. The highest BCUT2D eigenvalue weighted by Crippen LogP contribution is 2.31. The van der Waals surface area contributed by atoms with Gasteiger partial charge < -0.3 is 15.2 Å². The lowest BCUT2D eigenvalue weighted by atomic mass is 10.2. The third-order valence-corrected chi connectivity index (χ3v) is 6.66. The maximum atomic E-state index is 12.9. The molecule has 0 saturated carbocycles. The Morgan fingerprint density at radius 2 is 2.18 bits per heavy atom. The second-order valence-corrected chi connectivity index (χ2v) is 8.69. The molecule has 166 valence electrons. The Morgan fingerprint density at radius 1 is 1.33 bits per heavy atom. The highest BCUT2D eigenvalue weighted by Gasteiger charge is 2.28. The van der Waals surface area contributed by atoms with Crippen LogP contribution in [0.3, 0.4) is 0 Å². The van der Waals surface area contributed by atoms with Crippen molar-refractivity contribution in [1.82, 2.24) is 24.4 Å². The number of alkyl halides is 2. The van der Waals surface area contributed by atoms with E-state index in [0.29, 0.717) is 51.3 Å². The van der Waals surface area contributed by atoms with E-state index >= 15 is 0 Å². The Hall–Kier alpha value is -3.84. The lowest BCUT2D eigenvalue weighted by Crippen LogP contribution is -2.27. The lowest BCUT2D eigenvalue weighted by molar-refractivity contribution is -0.125. The van der Waals surface area contributed by atoms with E-state index in [-0.39, 0.29) is 17.0 Å². The smallest absolute Gasteiger partial charge is 0.289 e. The van der Waals surface area contributed by atoms with Crippen molar-refractivity contribution in [1.29, 1.82) is 0 Å². The van der Waals surface area contributed by atoms with E-state index in [4.69, 9.17) is 5.73 Å². The minimum Gasteiger partial charge on any atom is -0.383 e. The normalized spacial score (nSPS) is 15.8. The molecule has 1 fully saturated rings. The number of nitrogens with zero attached hydrogens (tertiary/aromatic N) is 5. The number of nitrogens with two attached hydrogens (primary N) is 1. The van der Waals surface area contributed by atoms with Gasteiger partial charge in [-0.05, 0) is 30.7 Å². The summed E-state index contributed by atoms with van der Waals surface area (Å²) < 4.78 is 28.6. The van der Waals surface area contributed by atoms with Crippen LogP contribution < -0.4 is 5.73 Å². The van der Waals surface area contributed by atoms with E-state index in [1.807, 2.05) is 10.8 Å². The van der Waals surface area contributed by atoms with Gasteiger partial charge in [-0.1, -0.05) is 18.4 Å². The fraction of sp³-hybridized carbons (Fsp3) is 0.217. The third-order valence-electron chi connectivity index (χ3n) is 5.61. The number of benzene rings is 1. The SMILES string of the molecule is C=CC(=O)N1CC[C@H](n2cc(C#Cc3ccc4sc(C(F)F)nc4c3)c3c(N)ncnc32)C1. The first-order valence-corrected chi connectivity index (χ1v) is 11.0. The summed E-state index contributed by atoms with van der Waals surface area (Å²) in [6.07, 6.45) is 2.78. The van der Waals surface area contributed by atoms with Crippen molar-refractivity contribution in [2.75, 3.05) is 18.8 Å². The van der Waals surface area contributed by atoms with Crippen LogP contribution in [0.15, 0.2) is 43.4 Å². The molecule has 1 atom stereocenters. The highest BCUT2D eigenvalue weighted by atomic mass is 32.1. The molecule has 0 radical (unpaired) electrons. The van der Waals surface area contributed by atoms with Gasteiger partial charge in [0, 0.05) is 24.8 Å². The number of nitrogen functional groups attached to an aromatic ring is 1. The summed E-state index contributed by atoms with van der Waals surface area (Å²) >= 11 is 0.974. The zero-order valence-corrected chi connectivity index (χ0v) is 18.1. The number of halogens is 2. The summed E-state index contributed by atoms with van der Waals surface area (Å²) in [4.78, 5) is 26.3. The zero-order valence-electron chi connectivity index (χ0n) is 17.3. The van der Waals surface area contributed by atoms with Gasteiger partial charge in [0.25, 0.3) is 6.43 Å². The van der Waals surface area contributed by atoms with E-state index < -0.39 is 6.43 Å². The van der Waals surface area contributed by atoms with Gasteiger partial charge >= 0.3 is 0 Å². The van der Waals surface area contributed by atoms with Gasteiger partial charge in [0.15, 0.2) is 5.01 Å². The van der Waals surface area contributed by atoms with Gasteiger partial charge in [0.2, 0.25) is 5.91 Å². The van der Waals surface area contributed by atoms with Crippen LogP contribution in [-0.4, -0.2) is 43.4 Å². The molecule has 1 aliphatic rings. The minimum absolute atomic E-state index is 0.0281. The molecule has 7 nitrogen and oxygen atoms in total. The number of hydrogen-bond acceptors (Lipinski definition) is 6. The monoisotopic (exact) mass is 464 g/mol. The topological polar surface area (TPSA) is 89.9 Å². The van der Waals surface area contributed by atoms with Gasteiger partial charge in [-0.25, -0.2) is 23.7 Å². The summed E-state index contributed by atoms with van der Waals surface area (Å²) in [6.45, 7) is 4.73. The first kappa shape index (κ1) is 21.0. The van der Waals surface area contributed by atoms with Gasteiger partial charge in [0.05, 0.1) is 27.2 Å². The molecule has 4 heterocycles. The molecule has 5 rings (SSSR count). The Balaban J connectivity index is 1.52. The number of aromatic nitrogens is 4. The molecule has 1 aromatic carbocycles. The van der Waals surface area contributed by atoms with E-state index in [0.717, 1.165) is 17.8 Å². The average molecular weight is 465 g/mol. The Morgan fingerprint density at radius 3 is 2.97 bits per heavy atom. The number of carbonyl (C=O) groups excluding carboxylic acids is 1. The molecule has 10 heteroatoms. The molecular formula is C23H18F2N6OS. The standard InChI is InChI=1S/C23H18F2N6OS/c1-2-18(32)30-8-7-15(11-30)31-10-14(19-21(26)27-12-28-22(19)31)5-3-13-4-6-17-16(9-13)29-23(33-17)20(24)25/h2,4,6,9-10,12,15,20H,1,7-8,11H2,(H2,26,27,28)/t15-/m0/s1. The lowest BCUT2D eigenvalue weighted by Gasteiger charge is -2.15. The van der Waals surface area contributed by atoms with E-state index in [1.165, 1.54) is 12.4 Å². The molecule has 0 bridgehead atoms. The summed E-state index contributed by atoms with van der Waals surface area (Å²) in [6, 6.07) is 5.24. The van der Waals surface area contributed by atoms with Crippen molar-refractivity contribution in [3.63, 3.8) is 0 Å². The van der Waals surface area contributed by atoms with Crippen LogP contribution in [-0.2, 0) is 4.79 Å². The Bertz CT molecular complexity index is 1460. The average Bonchev–Trinajstić information content (AvgIpc) is 3.53. The van der Waals surface area contributed by atoms with E-state index in [1.54, 1.807) is 23.1 Å². The van der Waals surface area contributed by atoms with Crippen LogP contribution in [0, 0.1) is 11.8 Å². The van der Waals surface area contributed by atoms with Crippen molar-refractivity contribution in [3.05, 3.63) is 59.5 Å². The second-order valence-electron chi connectivity index (χ2n) is 7.62. The number of carbonyl (C=O) groups is 1. The fourth-order valence-electron chi connectivity index (χ4n) is 4.04. The predicted molar refractivity (Wildman–Crippen MR) is 123 cm³/mol. The zero-order chi connectivity index (χ0) is 23.1. The first-order chi connectivity index (χ1) is 15.9. The first-order valence-electron chi connectivity index (χ1n) is 10.2. The molecule has 1 saturated heterocycles. The predicted octanol–water partition coefficient (Wildman–Crippen LogP) is 3.92. The summed E-state index contributed by atoms with van der Waals surface area (Å²) in [5, 5.41) is 0.442. The van der Waals surface area contributed by atoms with Gasteiger partial charge in [-0.3, -0.25) is 4.79 Å². The van der Waals surface area contributed by atoms with Crippen molar-refractivity contribution in [2.24, 2.45) is 0 Å². The number of anilines is 1. The van der Waals surface area contributed by atoms with Crippen LogP contribution in [0.2, 0.25) is 0 Å². The molecular weight excluding hydrogens is 446 g/mol. The Kier molecular flexibility index (Phi) is 5.26. The van der Waals surface area contributed by atoms with Crippen molar-refractivity contribution >= 4 is 44.3 Å². The summed E-state index contributed by atoms with van der Waals surface area (Å²) in [7, 11) is 0. The summed E-state index contributed by atoms with van der Waals surface area (Å²) in [5.41, 5.74) is 8.60. The molecule has 0 aliphatic carbocycles. The van der Waals surface area contributed by atoms with Crippen LogP contribution in [0.5, 0.6) is 0 Å². The number of thiazole rings is 1. The summed E-state index contributed by atoms with van der Waals surface area (Å²) in [5.74, 6) is 6.42. The Labute approximate surface area is 191 Å². The third kappa shape index (κ3) is 3.81. The van der Waals surface area contributed by atoms with E-state index in [9.17, 15) is 13.6 Å². The van der Waals surface area contributed by atoms with E-state index in [2.05, 4.69) is 33.4 Å². The number of hydrogen-bond donors (Lipinski definition) is 1. The molecule has 4 aromatic rings. The maximum Gasteiger partial charge on any atom is 0.289 e. The number of fused-ring (bicyclic) bond motifs is 2. The van der Waals surface area contributed by atoms with Crippen LogP contribution in [0.4, 0.5) is 14.6 Å². The minimum atomic E-state index is -2.60. The molecule has 3 aromatic heterocycles. The largest absolute Gasteiger partial charge is 0.383 e. The molecule has 0 spiro atoms. The van der Waals surface area contributed by atoms with Gasteiger partial charge in [-0.15, -0.1) is 11.3 Å². The van der Waals surface area contributed by atoms with Crippen molar-refractivity contribution < 1.29 is 13.6 Å². The van der Waals surface area contributed by atoms with Crippen molar-refractivity contribution in [2.45, 2.75) is 18.9 Å². The second kappa shape index (κ2) is 8.26. The fourth-order valence-corrected chi connectivity index (χ4v) is 4.84. The van der Waals surface area contributed by atoms with Crippen molar-refractivity contribution in [3.8, 4) is 11.8 Å². The quantitative estimate of drug-likeness (QED) is 0.367. The highest BCUT2D eigenvalue weighted by molar-refractivity contribution is 7.18. The van der Waals surface area contributed by atoms with Crippen LogP contribution in [0.25, 0.3) is 21.3 Å². The number of amides is 1. The molecule has 0 unspecified atom stereocenters. The number of rotatable bonds is 3. The number of likely N-dealkylation sites (tertiary alicyclic amines) is 1. The van der Waals surface area contributed by atoms with Crippen LogP contribution in [0.1, 0.15) is 35.0 Å². The molecule has 33 heavy (non-hydrogen) atoms. The maximum absolute atomic E-state index is 12.9. The van der Waals surface area contributed by atoms with Gasteiger partial charge in [-0.2, -0.15) is 0 Å². The molecule has 1 amide bonds. The van der Waals surface area contributed by atoms with Gasteiger partial charge in [0.1, 0.15) is 17.8 Å².